The van der Waals surface area contributed by atoms with Crippen LogP contribution in [0.25, 0.3) is 5.65 Å². The molecule has 4 rings (SSSR count). The number of aromatic nitrogens is 5. The lowest BCUT2D eigenvalue weighted by Gasteiger charge is -2.38. The first-order valence-electron chi connectivity index (χ1n) is 15.5. The quantitative estimate of drug-likeness (QED) is 0.307. The molecule has 240 valence electrons. The van der Waals surface area contributed by atoms with Crippen LogP contribution in [0.4, 0.5) is 16.4 Å². The molecule has 0 saturated carbocycles. The van der Waals surface area contributed by atoms with Gasteiger partial charge in [-0.3, -0.25) is 4.79 Å². The van der Waals surface area contributed by atoms with Crippen LogP contribution in [0.5, 0.6) is 6.01 Å². The van der Waals surface area contributed by atoms with Crippen molar-refractivity contribution in [2.24, 2.45) is 5.92 Å². The third-order valence-electron chi connectivity index (χ3n) is 7.70. The molecule has 13 heteroatoms. The summed E-state index contributed by atoms with van der Waals surface area (Å²) in [6.07, 6.45) is 6.28. The lowest BCUT2D eigenvalue weighted by atomic mass is 9.97. The van der Waals surface area contributed by atoms with E-state index in [2.05, 4.69) is 38.3 Å². The zero-order valence-corrected chi connectivity index (χ0v) is 27.1. The number of piperazine rings is 1. The van der Waals surface area contributed by atoms with E-state index >= 15 is 0 Å². The van der Waals surface area contributed by atoms with Crippen LogP contribution < -0.4 is 20.7 Å². The maximum atomic E-state index is 13.5. The van der Waals surface area contributed by atoms with Crippen molar-refractivity contribution in [3.8, 4) is 6.01 Å². The fraction of sp³-hybridized carbons (Fsp3) is 0.613. The van der Waals surface area contributed by atoms with Crippen LogP contribution in [-0.2, 0) is 16.0 Å². The summed E-state index contributed by atoms with van der Waals surface area (Å²) in [7, 11) is 0. The Morgan fingerprint density at radius 2 is 1.84 bits per heavy atom. The number of carbonyl (C=O) groups excluding carboxylic acids is 2. The zero-order valence-electron chi connectivity index (χ0n) is 27.1. The molecule has 0 spiro atoms. The molecule has 0 aliphatic carbocycles. The van der Waals surface area contributed by atoms with Crippen LogP contribution in [0.3, 0.4) is 0 Å². The summed E-state index contributed by atoms with van der Waals surface area (Å²) in [6, 6.07) is 1.72. The molecular weight excluding hydrogens is 562 g/mol. The van der Waals surface area contributed by atoms with E-state index in [1.54, 1.807) is 31.5 Å². The fourth-order valence-corrected chi connectivity index (χ4v) is 5.13. The van der Waals surface area contributed by atoms with Gasteiger partial charge in [-0.15, -0.1) is 5.10 Å². The Labute approximate surface area is 259 Å². The molecular formula is C31H47N9O4. The number of fused-ring (bicyclic) bond motifs is 1. The van der Waals surface area contributed by atoms with E-state index in [9.17, 15) is 9.59 Å². The molecule has 4 heterocycles. The van der Waals surface area contributed by atoms with Crippen molar-refractivity contribution in [2.45, 2.75) is 85.8 Å². The predicted octanol–water partition coefficient (Wildman–Crippen LogP) is 3.77. The maximum absolute atomic E-state index is 13.5. The van der Waals surface area contributed by atoms with E-state index in [4.69, 9.17) is 20.2 Å². The number of aryl methyl sites for hydroxylation is 1. The molecule has 0 bridgehead atoms. The number of hydrogen-bond donors (Lipinski definition) is 2. The van der Waals surface area contributed by atoms with Crippen LogP contribution in [0.1, 0.15) is 77.6 Å². The number of ether oxygens (including phenoxy) is 2. The summed E-state index contributed by atoms with van der Waals surface area (Å²) in [6.45, 7) is 16.4. The number of imidazole rings is 1. The van der Waals surface area contributed by atoms with Crippen molar-refractivity contribution in [2.75, 3.05) is 43.4 Å². The van der Waals surface area contributed by atoms with Crippen molar-refractivity contribution >= 4 is 29.3 Å². The summed E-state index contributed by atoms with van der Waals surface area (Å²) >= 11 is 0. The maximum Gasteiger partial charge on any atom is 0.408 e. The highest BCUT2D eigenvalue weighted by atomic mass is 16.6. The van der Waals surface area contributed by atoms with E-state index < -0.39 is 17.7 Å². The molecule has 0 aromatic carbocycles. The second kappa shape index (κ2) is 14.1. The lowest BCUT2D eigenvalue weighted by Crippen LogP contribution is -2.57. The van der Waals surface area contributed by atoms with Crippen molar-refractivity contribution in [1.82, 2.24) is 34.8 Å². The van der Waals surface area contributed by atoms with Crippen molar-refractivity contribution in [3.05, 3.63) is 35.3 Å². The number of amides is 2. The minimum Gasteiger partial charge on any atom is -0.462 e. The molecule has 44 heavy (non-hydrogen) atoms. The Morgan fingerprint density at radius 3 is 2.48 bits per heavy atom. The number of anilines is 2. The van der Waals surface area contributed by atoms with Gasteiger partial charge in [-0.25, -0.2) is 19.3 Å². The number of nitrogen functional groups attached to an aromatic ring is 1. The Morgan fingerprint density at radius 1 is 1.11 bits per heavy atom. The van der Waals surface area contributed by atoms with Crippen LogP contribution >= 0.6 is 0 Å². The van der Waals surface area contributed by atoms with Crippen LogP contribution in [0, 0.1) is 12.8 Å². The average molecular weight is 610 g/mol. The smallest absolute Gasteiger partial charge is 0.408 e. The van der Waals surface area contributed by atoms with Gasteiger partial charge < -0.3 is 30.3 Å². The number of nitrogens with one attached hydrogen (secondary N) is 1. The minimum atomic E-state index is -0.639. The SMILES string of the molecule is CCCCOc1nc(N)c2ncc(Cc3cnc(N4CCN(C(=O)[C@@H](NC(=O)OC(C)(C)C)[C@@H](C)CC)CC4)c(C)c3)n2n1. The molecule has 2 amide bonds. The van der Waals surface area contributed by atoms with E-state index in [-0.39, 0.29) is 23.7 Å². The normalized spacial score (nSPS) is 15.2. The molecule has 3 N–H and O–H groups in total. The van der Waals surface area contributed by atoms with Gasteiger partial charge in [-0.1, -0.05) is 39.7 Å². The molecule has 1 saturated heterocycles. The van der Waals surface area contributed by atoms with Gasteiger partial charge in [-0.05, 0) is 51.2 Å². The third-order valence-corrected chi connectivity index (χ3v) is 7.70. The summed E-state index contributed by atoms with van der Waals surface area (Å²) in [5.74, 6) is 1.06. The minimum absolute atomic E-state index is 0.0273. The van der Waals surface area contributed by atoms with Crippen LogP contribution in [0.15, 0.2) is 18.5 Å². The number of pyridine rings is 1. The largest absolute Gasteiger partial charge is 0.462 e. The average Bonchev–Trinajstić information content (AvgIpc) is 3.37. The topological polar surface area (TPSA) is 153 Å². The van der Waals surface area contributed by atoms with Gasteiger partial charge in [0.15, 0.2) is 11.5 Å². The van der Waals surface area contributed by atoms with E-state index in [1.807, 2.05) is 31.9 Å². The van der Waals surface area contributed by atoms with E-state index in [1.165, 1.54) is 0 Å². The first kappa shape index (κ1) is 32.7. The van der Waals surface area contributed by atoms with Gasteiger partial charge in [0.1, 0.15) is 17.5 Å². The Hall–Kier alpha value is -4.16. The summed E-state index contributed by atoms with van der Waals surface area (Å²) in [5.41, 5.74) is 8.88. The monoisotopic (exact) mass is 609 g/mol. The standard InChI is InChI=1S/C31H47N9O4/c1-8-10-15-43-29-36-25(32)27-34-19-23(40(27)37-29)17-22-16-21(4)26(33-18-22)38-11-13-39(14-12-38)28(41)24(20(3)9-2)35-30(42)44-31(5,6)7/h16,18-20,24H,8-15,17H2,1-7H3,(H,35,42)(H2,32,36,37)/t20-,24-/m0/s1. The van der Waals surface area contributed by atoms with E-state index in [0.717, 1.165) is 41.9 Å². The zero-order chi connectivity index (χ0) is 32.0. The van der Waals surface area contributed by atoms with Crippen molar-refractivity contribution in [3.63, 3.8) is 0 Å². The fourth-order valence-electron chi connectivity index (χ4n) is 5.13. The number of unbranched alkanes of at least 4 members (excludes halogenated alkanes) is 1. The highest BCUT2D eigenvalue weighted by Gasteiger charge is 2.33. The molecule has 1 fully saturated rings. The van der Waals surface area contributed by atoms with Crippen molar-refractivity contribution in [1.29, 1.82) is 0 Å². The molecule has 3 aromatic heterocycles. The van der Waals surface area contributed by atoms with Gasteiger partial charge in [0.25, 0.3) is 0 Å². The molecule has 2 atom stereocenters. The van der Waals surface area contributed by atoms with Gasteiger partial charge in [-0.2, -0.15) is 4.98 Å². The van der Waals surface area contributed by atoms with Gasteiger partial charge in [0.05, 0.1) is 18.5 Å². The van der Waals surface area contributed by atoms with Gasteiger partial charge >= 0.3 is 12.1 Å². The summed E-state index contributed by atoms with van der Waals surface area (Å²) in [4.78, 5) is 43.4. The first-order chi connectivity index (χ1) is 20.9. The Balaban J connectivity index is 1.40. The predicted molar refractivity (Wildman–Crippen MR) is 169 cm³/mol. The number of nitrogens with two attached hydrogens (primary N) is 1. The van der Waals surface area contributed by atoms with Crippen molar-refractivity contribution < 1.29 is 19.1 Å². The number of carbonyl (C=O) groups is 2. The summed E-state index contributed by atoms with van der Waals surface area (Å²) in [5, 5.41) is 7.33. The Kier molecular flexibility index (Phi) is 10.5. The number of hydrogen-bond acceptors (Lipinski definition) is 10. The number of rotatable bonds is 11. The third kappa shape index (κ3) is 8.06. The Bertz CT molecular complexity index is 1440. The lowest BCUT2D eigenvalue weighted by molar-refractivity contribution is -0.135. The molecule has 13 nitrogen and oxygen atoms in total. The molecule has 0 unspecified atom stereocenters. The summed E-state index contributed by atoms with van der Waals surface area (Å²) < 4.78 is 12.8. The second-order valence-electron chi connectivity index (χ2n) is 12.4. The van der Waals surface area contributed by atoms with Gasteiger partial charge in [0, 0.05) is 38.8 Å². The molecule has 1 aliphatic rings. The van der Waals surface area contributed by atoms with Crippen LogP contribution in [-0.4, -0.2) is 85.9 Å². The molecule has 0 radical (unpaired) electrons. The first-order valence-corrected chi connectivity index (χ1v) is 15.5. The molecule has 1 aliphatic heterocycles. The second-order valence-corrected chi connectivity index (χ2v) is 12.4. The number of nitrogens with zero attached hydrogens (tertiary/aromatic N) is 7. The molecule has 3 aromatic rings. The highest BCUT2D eigenvalue weighted by Crippen LogP contribution is 2.23. The van der Waals surface area contributed by atoms with Crippen LogP contribution in [0.2, 0.25) is 0 Å². The highest BCUT2D eigenvalue weighted by molar-refractivity contribution is 5.86. The number of alkyl carbamates (subject to hydrolysis) is 1. The van der Waals surface area contributed by atoms with Gasteiger partial charge in [0.2, 0.25) is 5.91 Å². The van der Waals surface area contributed by atoms with E-state index in [0.29, 0.717) is 44.9 Å².